The smallest absolute Gasteiger partial charge is 0.0595 e. The van der Waals surface area contributed by atoms with Gasteiger partial charge in [-0.15, -0.1) is 11.3 Å². The molecule has 0 saturated carbocycles. The summed E-state index contributed by atoms with van der Waals surface area (Å²) in [6, 6.07) is 8.30. The highest BCUT2D eigenvalue weighted by molar-refractivity contribution is 7.10. The molecule has 1 atom stereocenters. The van der Waals surface area contributed by atoms with E-state index in [-0.39, 0.29) is 0 Å². The molecule has 2 aromatic rings. The van der Waals surface area contributed by atoms with Crippen LogP contribution in [0, 0.1) is 6.92 Å². The van der Waals surface area contributed by atoms with Gasteiger partial charge >= 0.3 is 0 Å². The predicted octanol–water partition coefficient (Wildman–Crippen LogP) is 4.87. The van der Waals surface area contributed by atoms with E-state index in [9.17, 15) is 0 Å². The van der Waals surface area contributed by atoms with Crippen molar-refractivity contribution in [3.8, 4) is 0 Å². The molecule has 0 spiro atoms. The van der Waals surface area contributed by atoms with E-state index in [0.29, 0.717) is 16.1 Å². The van der Waals surface area contributed by atoms with Crippen molar-refractivity contribution >= 4 is 34.5 Å². The van der Waals surface area contributed by atoms with Gasteiger partial charge in [0.1, 0.15) is 0 Å². The lowest BCUT2D eigenvalue weighted by Gasteiger charge is -2.16. The third kappa shape index (κ3) is 3.07. The zero-order valence-corrected chi connectivity index (χ0v) is 12.7. The third-order valence-corrected chi connectivity index (χ3v) is 4.86. The molecular weight excluding hydrogens is 285 g/mol. The monoisotopic (exact) mass is 299 g/mol. The maximum absolute atomic E-state index is 6.05. The van der Waals surface area contributed by atoms with Gasteiger partial charge in [0.2, 0.25) is 0 Å². The highest BCUT2D eigenvalue weighted by Gasteiger charge is 2.14. The Morgan fingerprint density at radius 2 is 2.00 bits per heavy atom. The molecule has 0 amide bonds. The fourth-order valence-electron chi connectivity index (χ4n) is 1.97. The van der Waals surface area contributed by atoms with E-state index in [1.807, 2.05) is 25.2 Å². The summed E-state index contributed by atoms with van der Waals surface area (Å²) < 4.78 is 0. The fraction of sp³-hybridized carbons (Fsp3) is 0.286. The molecule has 0 radical (unpaired) electrons. The molecular formula is C14H15Cl2NS. The van der Waals surface area contributed by atoms with Gasteiger partial charge in [0.05, 0.1) is 10.0 Å². The molecule has 0 fully saturated rings. The van der Waals surface area contributed by atoms with E-state index in [2.05, 4.69) is 23.7 Å². The molecule has 1 aromatic heterocycles. The molecule has 2 rings (SSSR count). The number of nitrogens with one attached hydrogen (secondary N) is 1. The van der Waals surface area contributed by atoms with Gasteiger partial charge in [-0.25, -0.2) is 0 Å². The van der Waals surface area contributed by atoms with E-state index in [0.717, 1.165) is 6.42 Å². The molecule has 0 aliphatic rings. The molecule has 96 valence electrons. The van der Waals surface area contributed by atoms with Crippen LogP contribution >= 0.6 is 34.5 Å². The third-order valence-electron chi connectivity index (χ3n) is 2.99. The van der Waals surface area contributed by atoms with Crippen LogP contribution in [-0.2, 0) is 6.42 Å². The van der Waals surface area contributed by atoms with Crippen molar-refractivity contribution in [1.29, 1.82) is 0 Å². The number of halogens is 2. The van der Waals surface area contributed by atoms with E-state index in [4.69, 9.17) is 23.2 Å². The van der Waals surface area contributed by atoms with Crippen LogP contribution in [0.5, 0.6) is 0 Å². The molecule has 1 unspecified atom stereocenters. The summed E-state index contributed by atoms with van der Waals surface area (Å²) in [6.07, 6.45) is 0.911. The molecule has 1 N–H and O–H groups in total. The second kappa shape index (κ2) is 6.07. The average molecular weight is 300 g/mol. The van der Waals surface area contributed by atoms with Gasteiger partial charge < -0.3 is 5.32 Å². The summed E-state index contributed by atoms with van der Waals surface area (Å²) in [4.78, 5) is 1.38. The molecule has 1 nitrogen and oxygen atoms in total. The zero-order chi connectivity index (χ0) is 13.1. The Morgan fingerprint density at radius 3 is 2.56 bits per heavy atom. The molecule has 1 aromatic carbocycles. The second-order valence-electron chi connectivity index (χ2n) is 4.26. The number of hydrogen-bond acceptors (Lipinski definition) is 2. The van der Waals surface area contributed by atoms with Crippen molar-refractivity contribution in [2.24, 2.45) is 0 Å². The van der Waals surface area contributed by atoms with Crippen LogP contribution in [0.4, 0.5) is 0 Å². The van der Waals surface area contributed by atoms with E-state index < -0.39 is 0 Å². The number of aryl methyl sites for hydroxylation is 1. The van der Waals surface area contributed by atoms with Crippen LogP contribution < -0.4 is 5.32 Å². The molecule has 0 aliphatic heterocycles. The Labute approximate surface area is 122 Å². The van der Waals surface area contributed by atoms with Gasteiger partial charge in [-0.1, -0.05) is 29.3 Å². The largest absolute Gasteiger partial charge is 0.312 e. The molecule has 0 aliphatic carbocycles. The highest BCUT2D eigenvalue weighted by Crippen LogP contribution is 2.29. The summed E-state index contributed by atoms with van der Waals surface area (Å²) >= 11 is 13.8. The molecule has 1 heterocycles. The van der Waals surface area contributed by atoms with Gasteiger partial charge in [0.15, 0.2) is 0 Å². The minimum atomic E-state index is 0.322. The standard InChI is InChI=1S/C14H15Cl2NS/c1-9-5-6-18-14(9)13(17-2)8-10-3-4-11(15)12(16)7-10/h3-7,13,17H,8H2,1-2H3. The Morgan fingerprint density at radius 1 is 1.22 bits per heavy atom. The van der Waals surface area contributed by atoms with E-state index >= 15 is 0 Å². The van der Waals surface area contributed by atoms with Gasteiger partial charge in [-0.05, 0) is 55.1 Å². The van der Waals surface area contributed by atoms with Gasteiger partial charge in [0, 0.05) is 10.9 Å². The maximum atomic E-state index is 6.05. The lowest BCUT2D eigenvalue weighted by Crippen LogP contribution is -2.18. The SMILES string of the molecule is CNC(Cc1ccc(Cl)c(Cl)c1)c1sccc1C. The highest BCUT2D eigenvalue weighted by atomic mass is 35.5. The Bertz CT molecular complexity index is 536. The summed E-state index contributed by atoms with van der Waals surface area (Å²) in [5, 5.41) is 6.71. The van der Waals surface area contributed by atoms with Crippen LogP contribution in [0.1, 0.15) is 22.0 Å². The summed E-state index contributed by atoms with van der Waals surface area (Å²) in [5.41, 5.74) is 2.52. The van der Waals surface area contributed by atoms with Gasteiger partial charge in [-0.3, -0.25) is 0 Å². The summed E-state index contributed by atoms with van der Waals surface area (Å²) in [5.74, 6) is 0. The second-order valence-corrected chi connectivity index (χ2v) is 6.02. The van der Waals surface area contributed by atoms with Crippen molar-refractivity contribution in [3.63, 3.8) is 0 Å². The van der Waals surface area contributed by atoms with Crippen molar-refractivity contribution in [1.82, 2.24) is 5.32 Å². The molecule has 0 saturated heterocycles. The average Bonchev–Trinajstić information content (AvgIpc) is 2.77. The number of thiophene rings is 1. The Hall–Kier alpha value is -0.540. The van der Waals surface area contributed by atoms with Crippen molar-refractivity contribution in [2.75, 3.05) is 7.05 Å². The topological polar surface area (TPSA) is 12.0 Å². The van der Waals surface area contributed by atoms with Crippen LogP contribution in [0.2, 0.25) is 10.0 Å². The summed E-state index contributed by atoms with van der Waals surface area (Å²) in [7, 11) is 1.99. The summed E-state index contributed by atoms with van der Waals surface area (Å²) in [6.45, 7) is 2.14. The zero-order valence-electron chi connectivity index (χ0n) is 10.3. The minimum absolute atomic E-state index is 0.322. The van der Waals surface area contributed by atoms with Gasteiger partial charge in [0.25, 0.3) is 0 Å². The first kappa shape index (κ1) is 13.9. The lowest BCUT2D eigenvalue weighted by atomic mass is 10.0. The van der Waals surface area contributed by atoms with Gasteiger partial charge in [-0.2, -0.15) is 0 Å². The van der Waals surface area contributed by atoms with Crippen LogP contribution in [-0.4, -0.2) is 7.05 Å². The molecule has 4 heteroatoms. The first-order valence-electron chi connectivity index (χ1n) is 5.77. The Kier molecular flexibility index (Phi) is 4.68. The molecule has 18 heavy (non-hydrogen) atoms. The quantitative estimate of drug-likeness (QED) is 0.849. The van der Waals surface area contributed by atoms with Crippen LogP contribution in [0.3, 0.4) is 0 Å². The fourth-order valence-corrected chi connectivity index (χ4v) is 3.33. The van der Waals surface area contributed by atoms with E-state index in [1.165, 1.54) is 16.0 Å². The number of hydrogen-bond donors (Lipinski definition) is 1. The number of benzene rings is 1. The predicted molar refractivity (Wildman–Crippen MR) is 81.0 cm³/mol. The van der Waals surface area contributed by atoms with Crippen molar-refractivity contribution < 1.29 is 0 Å². The van der Waals surface area contributed by atoms with Crippen LogP contribution in [0.25, 0.3) is 0 Å². The number of likely N-dealkylation sites (N-methyl/N-ethyl adjacent to an activating group) is 1. The lowest BCUT2D eigenvalue weighted by molar-refractivity contribution is 0.599. The first-order chi connectivity index (χ1) is 8.61. The van der Waals surface area contributed by atoms with E-state index in [1.54, 1.807) is 11.3 Å². The maximum Gasteiger partial charge on any atom is 0.0595 e. The molecule has 0 bridgehead atoms. The van der Waals surface area contributed by atoms with Crippen LogP contribution in [0.15, 0.2) is 29.6 Å². The minimum Gasteiger partial charge on any atom is -0.312 e. The van der Waals surface area contributed by atoms with Crippen molar-refractivity contribution in [2.45, 2.75) is 19.4 Å². The normalized spacial score (nSPS) is 12.7. The Balaban J connectivity index is 2.20. The first-order valence-corrected chi connectivity index (χ1v) is 7.40. The van der Waals surface area contributed by atoms with Crippen molar-refractivity contribution in [3.05, 3.63) is 55.7 Å². The number of rotatable bonds is 4.